The molecule has 1 saturated heterocycles. The van der Waals surface area contributed by atoms with Gasteiger partial charge < -0.3 is 10.6 Å². The van der Waals surface area contributed by atoms with Gasteiger partial charge in [-0.2, -0.15) is 0 Å². The Labute approximate surface area is 122 Å². The summed E-state index contributed by atoms with van der Waals surface area (Å²) >= 11 is 4.91. The fraction of sp³-hybridized carbons (Fsp3) is 0.857. The first-order valence-corrected chi connectivity index (χ1v) is 7.71. The number of thiocarbonyl (C=S) groups is 1. The maximum absolute atomic E-state index is 12.3. The molecule has 19 heavy (non-hydrogen) atoms. The van der Waals surface area contributed by atoms with E-state index < -0.39 is 0 Å². The Bertz CT molecular complexity index is 299. The van der Waals surface area contributed by atoms with Crippen LogP contribution in [0.2, 0.25) is 0 Å². The molecular weight excluding hydrogens is 258 g/mol. The maximum Gasteiger partial charge on any atom is 0.236 e. The second-order valence-corrected chi connectivity index (χ2v) is 6.10. The van der Waals surface area contributed by atoms with E-state index in [0.29, 0.717) is 24.0 Å². The minimum Gasteiger partial charge on any atom is -0.393 e. The molecule has 0 unspecified atom stereocenters. The van der Waals surface area contributed by atoms with Gasteiger partial charge in [0.2, 0.25) is 5.91 Å². The number of carbonyl (C=O) groups is 1. The van der Waals surface area contributed by atoms with Crippen LogP contribution in [-0.2, 0) is 4.79 Å². The Morgan fingerprint density at radius 2 is 1.84 bits per heavy atom. The number of hydrogen-bond acceptors (Lipinski definition) is 3. The lowest BCUT2D eigenvalue weighted by Crippen LogP contribution is -2.44. The van der Waals surface area contributed by atoms with Gasteiger partial charge in [0.15, 0.2) is 0 Å². The Morgan fingerprint density at radius 1 is 1.26 bits per heavy atom. The summed E-state index contributed by atoms with van der Waals surface area (Å²) in [5, 5.41) is 0. The normalized spacial score (nSPS) is 16.7. The van der Waals surface area contributed by atoms with Crippen LogP contribution in [-0.4, -0.2) is 52.9 Å². The summed E-state index contributed by atoms with van der Waals surface area (Å²) in [6.07, 6.45) is 5.46. The molecule has 1 fully saturated rings. The topological polar surface area (TPSA) is 49.6 Å². The van der Waals surface area contributed by atoms with E-state index >= 15 is 0 Å². The summed E-state index contributed by atoms with van der Waals surface area (Å²) in [5.41, 5.74) is 5.54. The summed E-state index contributed by atoms with van der Waals surface area (Å²) in [6, 6.07) is 0.338. The van der Waals surface area contributed by atoms with Crippen molar-refractivity contribution in [3.05, 3.63) is 0 Å². The highest BCUT2D eigenvalue weighted by Crippen LogP contribution is 2.11. The molecule has 0 bridgehead atoms. The van der Waals surface area contributed by atoms with Crippen LogP contribution in [0.1, 0.15) is 46.0 Å². The average Bonchev–Trinajstić information content (AvgIpc) is 2.62. The van der Waals surface area contributed by atoms with E-state index in [-0.39, 0.29) is 5.91 Å². The highest BCUT2D eigenvalue weighted by Gasteiger charge is 2.20. The fourth-order valence-corrected chi connectivity index (χ4v) is 2.46. The van der Waals surface area contributed by atoms with Crippen LogP contribution in [0.15, 0.2) is 0 Å². The van der Waals surface area contributed by atoms with E-state index in [9.17, 15) is 4.79 Å². The molecular formula is C14H27N3OS. The molecule has 1 rings (SSSR count). The van der Waals surface area contributed by atoms with Gasteiger partial charge in [-0.1, -0.05) is 25.1 Å². The van der Waals surface area contributed by atoms with Crippen LogP contribution >= 0.6 is 12.2 Å². The van der Waals surface area contributed by atoms with Gasteiger partial charge in [-0.3, -0.25) is 9.69 Å². The Balaban J connectivity index is 2.47. The molecule has 110 valence electrons. The van der Waals surface area contributed by atoms with Crippen molar-refractivity contribution in [2.24, 2.45) is 5.73 Å². The number of likely N-dealkylation sites (tertiary alicyclic amines) is 1. The van der Waals surface area contributed by atoms with Crippen molar-refractivity contribution < 1.29 is 4.79 Å². The third kappa shape index (κ3) is 6.34. The van der Waals surface area contributed by atoms with Crippen molar-refractivity contribution in [1.82, 2.24) is 9.80 Å². The smallest absolute Gasteiger partial charge is 0.236 e. The molecule has 1 heterocycles. The van der Waals surface area contributed by atoms with Crippen molar-refractivity contribution in [1.29, 1.82) is 0 Å². The number of carbonyl (C=O) groups excluding carboxylic acids is 1. The third-order valence-electron chi connectivity index (χ3n) is 3.67. The molecule has 1 aliphatic heterocycles. The molecule has 4 nitrogen and oxygen atoms in total. The third-order valence-corrected chi connectivity index (χ3v) is 3.88. The lowest BCUT2D eigenvalue weighted by molar-refractivity contribution is -0.132. The molecule has 0 aromatic carbocycles. The molecule has 0 spiro atoms. The molecule has 2 N–H and O–H groups in total. The number of hydrogen-bond donors (Lipinski definition) is 1. The van der Waals surface area contributed by atoms with Crippen LogP contribution in [0.4, 0.5) is 0 Å². The predicted molar refractivity (Wildman–Crippen MR) is 83.2 cm³/mol. The average molecular weight is 285 g/mol. The van der Waals surface area contributed by atoms with E-state index in [1.54, 1.807) is 0 Å². The second-order valence-electron chi connectivity index (χ2n) is 5.58. The van der Waals surface area contributed by atoms with Crippen LogP contribution in [0.25, 0.3) is 0 Å². The molecule has 0 aromatic rings. The molecule has 1 amide bonds. The summed E-state index contributed by atoms with van der Waals surface area (Å²) in [4.78, 5) is 17.0. The highest BCUT2D eigenvalue weighted by atomic mass is 32.1. The maximum atomic E-state index is 12.3. The molecule has 0 aromatic heterocycles. The monoisotopic (exact) mass is 285 g/mol. The number of nitrogens with two attached hydrogens (primary N) is 1. The fourth-order valence-electron chi connectivity index (χ4n) is 2.37. The van der Waals surface area contributed by atoms with Gasteiger partial charge in [0.1, 0.15) is 0 Å². The zero-order valence-corrected chi connectivity index (χ0v) is 13.0. The van der Waals surface area contributed by atoms with Crippen molar-refractivity contribution >= 4 is 23.1 Å². The first kappa shape index (κ1) is 16.4. The molecule has 0 saturated carbocycles. The number of rotatable bonds is 6. The van der Waals surface area contributed by atoms with E-state index in [4.69, 9.17) is 18.0 Å². The van der Waals surface area contributed by atoms with Crippen molar-refractivity contribution in [3.63, 3.8) is 0 Å². The largest absolute Gasteiger partial charge is 0.393 e. The Kier molecular flexibility index (Phi) is 7.31. The molecule has 1 aliphatic rings. The van der Waals surface area contributed by atoms with Gasteiger partial charge in [-0.15, -0.1) is 0 Å². The van der Waals surface area contributed by atoms with E-state index in [1.165, 1.54) is 12.8 Å². The van der Waals surface area contributed by atoms with Crippen LogP contribution in [0.5, 0.6) is 0 Å². The van der Waals surface area contributed by atoms with Gasteiger partial charge in [0, 0.05) is 32.1 Å². The molecule has 0 atom stereocenters. The molecule has 0 radical (unpaired) electrons. The molecule has 0 aliphatic carbocycles. The summed E-state index contributed by atoms with van der Waals surface area (Å²) in [6.45, 7) is 7.30. The standard InChI is InChI=1S/C14H27N3OS/c1-12(2)17(10-7-13(15)19)11-14(18)16-8-5-3-4-6-9-16/h12H,3-11H2,1-2H3,(H2,15,19). The van der Waals surface area contributed by atoms with E-state index in [2.05, 4.69) is 18.7 Å². The Hall–Kier alpha value is -0.680. The number of nitrogens with zero attached hydrogens (tertiary/aromatic N) is 2. The van der Waals surface area contributed by atoms with Crippen molar-refractivity contribution in [3.8, 4) is 0 Å². The van der Waals surface area contributed by atoms with Gasteiger partial charge in [0.05, 0.1) is 11.5 Å². The van der Waals surface area contributed by atoms with Gasteiger partial charge in [-0.25, -0.2) is 0 Å². The summed E-state index contributed by atoms with van der Waals surface area (Å²) in [5.74, 6) is 0.249. The second kappa shape index (κ2) is 8.48. The quantitative estimate of drug-likeness (QED) is 0.756. The lowest BCUT2D eigenvalue weighted by atomic mass is 10.2. The Morgan fingerprint density at radius 3 is 2.32 bits per heavy atom. The van der Waals surface area contributed by atoms with E-state index in [1.807, 2.05) is 4.90 Å². The van der Waals surface area contributed by atoms with Crippen LogP contribution < -0.4 is 5.73 Å². The highest BCUT2D eigenvalue weighted by molar-refractivity contribution is 7.80. The van der Waals surface area contributed by atoms with Crippen molar-refractivity contribution in [2.45, 2.75) is 52.0 Å². The van der Waals surface area contributed by atoms with Crippen molar-refractivity contribution in [2.75, 3.05) is 26.2 Å². The SMILES string of the molecule is CC(C)N(CCC(N)=S)CC(=O)N1CCCCCC1. The number of amides is 1. The summed E-state index contributed by atoms with van der Waals surface area (Å²) < 4.78 is 0. The first-order valence-electron chi connectivity index (χ1n) is 7.31. The molecule has 5 heteroatoms. The van der Waals surface area contributed by atoms with Gasteiger partial charge >= 0.3 is 0 Å². The summed E-state index contributed by atoms with van der Waals surface area (Å²) in [7, 11) is 0. The van der Waals surface area contributed by atoms with Gasteiger partial charge in [-0.05, 0) is 26.7 Å². The zero-order valence-electron chi connectivity index (χ0n) is 12.2. The zero-order chi connectivity index (χ0) is 14.3. The van der Waals surface area contributed by atoms with Crippen LogP contribution in [0.3, 0.4) is 0 Å². The van der Waals surface area contributed by atoms with Gasteiger partial charge in [0.25, 0.3) is 0 Å². The van der Waals surface area contributed by atoms with Crippen LogP contribution in [0, 0.1) is 0 Å². The predicted octanol–water partition coefficient (Wildman–Crippen LogP) is 1.78. The first-order chi connectivity index (χ1) is 9.00. The lowest BCUT2D eigenvalue weighted by Gasteiger charge is -2.29. The minimum absolute atomic E-state index is 0.249. The van der Waals surface area contributed by atoms with E-state index in [0.717, 1.165) is 32.5 Å². The minimum atomic E-state index is 0.249.